The molecule has 0 amide bonds. The maximum absolute atomic E-state index is 12.5. The largest absolute Gasteiger partial charge is 0.432 e. The molecule has 0 bridgehead atoms. The van der Waals surface area contributed by atoms with Crippen LogP contribution in [-0.2, 0) is 0 Å². The standard InChI is InChI=1S/C10H9F4NO2/c1-4(16)5-2-3-6(9(11)12)7(15)8(5)17-10(13)14/h2-3,9-10H,15H2,1H3. The number of anilines is 1. The summed E-state index contributed by atoms with van der Waals surface area (Å²) in [5.74, 6) is -1.31. The molecule has 17 heavy (non-hydrogen) atoms. The van der Waals surface area contributed by atoms with Crippen LogP contribution in [0.15, 0.2) is 12.1 Å². The van der Waals surface area contributed by atoms with Crippen molar-refractivity contribution >= 4 is 11.5 Å². The minimum Gasteiger partial charge on any atom is -0.432 e. The zero-order valence-corrected chi connectivity index (χ0v) is 8.72. The van der Waals surface area contributed by atoms with Crippen LogP contribution in [0.4, 0.5) is 23.2 Å². The zero-order chi connectivity index (χ0) is 13.2. The Morgan fingerprint density at radius 2 is 1.88 bits per heavy atom. The summed E-state index contributed by atoms with van der Waals surface area (Å²) >= 11 is 0. The minimum atomic E-state index is -3.25. The number of carbonyl (C=O) groups excluding carboxylic acids is 1. The van der Waals surface area contributed by atoms with Crippen molar-refractivity contribution in [1.29, 1.82) is 0 Å². The van der Waals surface area contributed by atoms with Crippen LogP contribution in [0.5, 0.6) is 5.75 Å². The first-order valence-electron chi connectivity index (χ1n) is 4.50. The number of halogens is 4. The molecule has 3 nitrogen and oxygen atoms in total. The van der Waals surface area contributed by atoms with Gasteiger partial charge in [0.15, 0.2) is 11.5 Å². The van der Waals surface area contributed by atoms with Crippen molar-refractivity contribution in [2.45, 2.75) is 20.0 Å². The normalized spacial score (nSPS) is 11.0. The van der Waals surface area contributed by atoms with Crippen molar-refractivity contribution in [3.8, 4) is 5.75 Å². The lowest BCUT2D eigenvalue weighted by Crippen LogP contribution is -2.10. The van der Waals surface area contributed by atoms with Crippen LogP contribution in [-0.4, -0.2) is 12.4 Å². The van der Waals surface area contributed by atoms with Gasteiger partial charge in [-0.15, -0.1) is 0 Å². The van der Waals surface area contributed by atoms with Gasteiger partial charge in [-0.2, -0.15) is 8.78 Å². The van der Waals surface area contributed by atoms with E-state index in [-0.39, 0.29) is 5.56 Å². The van der Waals surface area contributed by atoms with E-state index in [1.54, 1.807) is 0 Å². The second kappa shape index (κ2) is 5.03. The van der Waals surface area contributed by atoms with Gasteiger partial charge in [-0.05, 0) is 13.0 Å². The molecule has 0 aliphatic rings. The number of hydrogen-bond donors (Lipinski definition) is 1. The fourth-order valence-electron chi connectivity index (χ4n) is 1.30. The van der Waals surface area contributed by atoms with E-state index in [0.717, 1.165) is 19.1 Å². The lowest BCUT2D eigenvalue weighted by atomic mass is 10.1. The Morgan fingerprint density at radius 3 is 2.29 bits per heavy atom. The van der Waals surface area contributed by atoms with Gasteiger partial charge in [-0.3, -0.25) is 4.79 Å². The molecule has 7 heteroatoms. The smallest absolute Gasteiger partial charge is 0.387 e. The highest BCUT2D eigenvalue weighted by molar-refractivity contribution is 5.98. The molecule has 94 valence electrons. The van der Waals surface area contributed by atoms with E-state index in [1.807, 2.05) is 0 Å². The fraction of sp³-hybridized carbons (Fsp3) is 0.300. The number of benzene rings is 1. The predicted molar refractivity (Wildman–Crippen MR) is 52.4 cm³/mol. The molecule has 0 aliphatic heterocycles. The van der Waals surface area contributed by atoms with Crippen LogP contribution < -0.4 is 10.5 Å². The van der Waals surface area contributed by atoms with Crippen molar-refractivity contribution in [3.05, 3.63) is 23.3 Å². The third-order valence-corrected chi connectivity index (χ3v) is 2.05. The molecule has 1 aromatic carbocycles. The lowest BCUT2D eigenvalue weighted by Gasteiger charge is -2.14. The molecule has 0 atom stereocenters. The lowest BCUT2D eigenvalue weighted by molar-refractivity contribution is -0.0497. The summed E-state index contributed by atoms with van der Waals surface area (Å²) in [6.07, 6.45) is -2.93. The summed E-state index contributed by atoms with van der Waals surface area (Å²) in [4.78, 5) is 11.1. The molecule has 0 unspecified atom stereocenters. The number of alkyl halides is 4. The molecular weight excluding hydrogens is 242 g/mol. The van der Waals surface area contributed by atoms with Gasteiger partial charge in [0, 0.05) is 5.56 Å². The Morgan fingerprint density at radius 1 is 1.29 bits per heavy atom. The third-order valence-electron chi connectivity index (χ3n) is 2.05. The average Bonchev–Trinajstić information content (AvgIpc) is 2.19. The number of rotatable bonds is 4. The summed E-state index contributed by atoms with van der Waals surface area (Å²) in [7, 11) is 0. The summed E-state index contributed by atoms with van der Waals surface area (Å²) in [6.45, 7) is -2.15. The Bertz CT molecular complexity index is 435. The van der Waals surface area contributed by atoms with Crippen molar-refractivity contribution in [3.63, 3.8) is 0 Å². The Balaban J connectivity index is 3.36. The Kier molecular flexibility index (Phi) is 3.93. The van der Waals surface area contributed by atoms with E-state index < -0.39 is 35.8 Å². The highest BCUT2D eigenvalue weighted by Gasteiger charge is 2.22. The van der Waals surface area contributed by atoms with E-state index in [9.17, 15) is 22.4 Å². The molecule has 0 fully saturated rings. The van der Waals surface area contributed by atoms with E-state index in [2.05, 4.69) is 4.74 Å². The maximum Gasteiger partial charge on any atom is 0.387 e. The first-order chi connectivity index (χ1) is 7.84. The van der Waals surface area contributed by atoms with Gasteiger partial charge in [0.25, 0.3) is 6.43 Å². The van der Waals surface area contributed by atoms with E-state index >= 15 is 0 Å². The van der Waals surface area contributed by atoms with Gasteiger partial charge in [0.2, 0.25) is 0 Å². The van der Waals surface area contributed by atoms with Gasteiger partial charge >= 0.3 is 6.61 Å². The van der Waals surface area contributed by atoms with E-state index in [4.69, 9.17) is 5.73 Å². The van der Waals surface area contributed by atoms with Crippen molar-refractivity contribution < 1.29 is 27.1 Å². The SMILES string of the molecule is CC(=O)c1ccc(C(F)F)c(N)c1OC(F)F. The van der Waals surface area contributed by atoms with Gasteiger partial charge in [0.1, 0.15) is 0 Å². The zero-order valence-electron chi connectivity index (χ0n) is 8.72. The maximum atomic E-state index is 12.5. The van der Waals surface area contributed by atoms with Crippen LogP contribution in [0.25, 0.3) is 0 Å². The first-order valence-corrected chi connectivity index (χ1v) is 4.50. The molecule has 2 N–H and O–H groups in total. The van der Waals surface area contributed by atoms with Crippen molar-refractivity contribution in [1.82, 2.24) is 0 Å². The van der Waals surface area contributed by atoms with Crippen LogP contribution in [0.3, 0.4) is 0 Å². The molecule has 1 aromatic rings. The number of hydrogen-bond acceptors (Lipinski definition) is 3. The molecule has 0 heterocycles. The number of nitrogens with two attached hydrogens (primary N) is 1. The van der Waals surface area contributed by atoms with Crippen molar-refractivity contribution in [2.75, 3.05) is 5.73 Å². The number of ketones is 1. The van der Waals surface area contributed by atoms with Gasteiger partial charge in [-0.1, -0.05) is 6.07 Å². The van der Waals surface area contributed by atoms with Crippen LogP contribution in [0.1, 0.15) is 29.3 Å². The van der Waals surface area contributed by atoms with E-state index in [1.165, 1.54) is 0 Å². The van der Waals surface area contributed by atoms with Crippen LogP contribution in [0, 0.1) is 0 Å². The van der Waals surface area contributed by atoms with Crippen LogP contribution >= 0.6 is 0 Å². The number of carbonyl (C=O) groups is 1. The molecule has 1 rings (SSSR count). The molecular formula is C10H9F4NO2. The second-order valence-corrected chi connectivity index (χ2v) is 3.18. The number of Topliss-reactive ketones (excluding diaryl/α,β-unsaturated/α-hetero) is 1. The van der Waals surface area contributed by atoms with Crippen molar-refractivity contribution in [2.24, 2.45) is 0 Å². The molecule has 0 aliphatic carbocycles. The highest BCUT2D eigenvalue weighted by Crippen LogP contribution is 2.36. The summed E-state index contributed by atoms with van der Waals surface area (Å²) in [5, 5.41) is 0. The molecule has 0 saturated carbocycles. The quantitative estimate of drug-likeness (QED) is 0.508. The molecule has 0 saturated heterocycles. The topological polar surface area (TPSA) is 52.3 Å². The molecule has 0 aromatic heterocycles. The highest BCUT2D eigenvalue weighted by atomic mass is 19.3. The van der Waals surface area contributed by atoms with E-state index in [0.29, 0.717) is 0 Å². The summed E-state index contributed by atoms with van der Waals surface area (Å²) in [5.41, 5.74) is 3.73. The molecule has 0 spiro atoms. The average molecular weight is 251 g/mol. The third kappa shape index (κ3) is 2.86. The first kappa shape index (κ1) is 13.3. The van der Waals surface area contributed by atoms with Gasteiger partial charge in [0.05, 0.1) is 11.3 Å². The monoisotopic (exact) mass is 251 g/mol. The second-order valence-electron chi connectivity index (χ2n) is 3.18. The Hall–Kier alpha value is -1.79. The number of nitrogen functional groups attached to an aromatic ring is 1. The van der Waals surface area contributed by atoms with Crippen LogP contribution in [0.2, 0.25) is 0 Å². The van der Waals surface area contributed by atoms with Gasteiger partial charge < -0.3 is 10.5 Å². The molecule has 0 radical (unpaired) electrons. The Labute approximate surface area is 94.2 Å². The summed E-state index contributed by atoms with van der Waals surface area (Å²) < 4.78 is 53.2. The summed E-state index contributed by atoms with van der Waals surface area (Å²) in [6, 6.07) is 1.90. The minimum absolute atomic E-state index is 0.257. The fourth-order valence-corrected chi connectivity index (χ4v) is 1.30. The number of ether oxygens (including phenoxy) is 1. The predicted octanol–water partition coefficient (Wildman–Crippen LogP) is 3.01. The van der Waals surface area contributed by atoms with Gasteiger partial charge in [-0.25, -0.2) is 8.78 Å².